The summed E-state index contributed by atoms with van der Waals surface area (Å²) in [7, 11) is 0. The van der Waals surface area contributed by atoms with Crippen LogP contribution in [0.15, 0.2) is 97.1 Å². The minimum absolute atomic E-state index is 0.00183. The van der Waals surface area contributed by atoms with Crippen LogP contribution in [-0.2, 0) is 20.6 Å². The summed E-state index contributed by atoms with van der Waals surface area (Å²) >= 11 is 0. The molecule has 2 atom stereocenters. The lowest BCUT2D eigenvalue weighted by Gasteiger charge is -2.32. The predicted molar refractivity (Wildman–Crippen MR) is 216 cm³/mol. The van der Waals surface area contributed by atoms with Crippen molar-refractivity contribution in [3.05, 3.63) is 125 Å². The second-order valence-corrected chi connectivity index (χ2v) is 15.2. The standard InChI is InChI=1S/C45H39F3N6O7/c1-25(49-41(57)28-13-16-32-27(23-28)5-2-6-31(32)26-11-14-29(15-12-26)45(46,47)48)34-8-4-10-37(51-34)50-30-19-21-53(22-20-30)39(56)24-61-36-9-3-7-33-40(36)44(60)54(43(33)59)35-17-18-38(55)52-42(35)58/h2-16,23,25,30,35H,17-22,24H2,1H3,(H,49,57)(H,50,51)(H,52,55,58). The number of hydrogen-bond acceptors (Lipinski definition) is 9. The second kappa shape index (κ2) is 16.5. The molecule has 3 aliphatic rings. The maximum Gasteiger partial charge on any atom is 0.416 e. The number of imide groups is 2. The molecule has 3 aliphatic heterocycles. The first-order valence-electron chi connectivity index (χ1n) is 19.7. The molecule has 2 fully saturated rings. The predicted octanol–water partition coefficient (Wildman–Crippen LogP) is 6.29. The SMILES string of the molecule is CC(NC(=O)c1ccc2c(-c3ccc(C(F)(F)F)cc3)cccc2c1)c1cccc(NC2CCN(C(=O)COc3cccc4c3C(=O)N(C3CCC(=O)NC3=O)C4=O)CC2)n1. The van der Waals surface area contributed by atoms with Gasteiger partial charge in [-0.25, -0.2) is 4.98 Å². The van der Waals surface area contributed by atoms with Crippen LogP contribution in [0.1, 0.15) is 81.0 Å². The number of pyridine rings is 1. The third-order valence-electron chi connectivity index (χ3n) is 11.2. The summed E-state index contributed by atoms with van der Waals surface area (Å²) in [5.74, 6) is -2.53. The average molecular weight is 833 g/mol. The van der Waals surface area contributed by atoms with Crippen molar-refractivity contribution in [1.29, 1.82) is 0 Å². The van der Waals surface area contributed by atoms with Crippen molar-refractivity contribution in [1.82, 2.24) is 25.4 Å². The van der Waals surface area contributed by atoms with Crippen molar-refractivity contribution in [2.45, 2.75) is 56.9 Å². The number of fused-ring (bicyclic) bond motifs is 2. The van der Waals surface area contributed by atoms with Crippen LogP contribution in [0.25, 0.3) is 21.9 Å². The molecule has 0 aliphatic carbocycles. The Kier molecular flexibility index (Phi) is 11.0. The molecular weight excluding hydrogens is 794 g/mol. The highest BCUT2D eigenvalue weighted by atomic mass is 19.4. The molecule has 6 amide bonds. The largest absolute Gasteiger partial charge is 0.483 e. The number of amides is 6. The van der Waals surface area contributed by atoms with Crippen LogP contribution in [0.2, 0.25) is 0 Å². The van der Waals surface area contributed by atoms with Gasteiger partial charge in [-0.3, -0.25) is 39.0 Å². The van der Waals surface area contributed by atoms with E-state index in [4.69, 9.17) is 9.72 Å². The highest BCUT2D eigenvalue weighted by molar-refractivity contribution is 6.24. The number of likely N-dealkylation sites (tertiary alicyclic amines) is 1. The van der Waals surface area contributed by atoms with E-state index in [0.29, 0.717) is 48.6 Å². The number of ether oxygens (including phenoxy) is 1. The third-order valence-corrected chi connectivity index (χ3v) is 11.2. The monoisotopic (exact) mass is 832 g/mol. The molecule has 0 radical (unpaired) electrons. The van der Waals surface area contributed by atoms with Crippen LogP contribution >= 0.6 is 0 Å². The zero-order valence-corrected chi connectivity index (χ0v) is 32.8. The summed E-state index contributed by atoms with van der Waals surface area (Å²) in [5.41, 5.74) is 1.73. The lowest BCUT2D eigenvalue weighted by atomic mass is 9.96. The van der Waals surface area contributed by atoms with Crippen molar-refractivity contribution in [3.8, 4) is 16.9 Å². The minimum Gasteiger partial charge on any atom is -0.483 e. The number of anilines is 1. The molecule has 16 heteroatoms. The van der Waals surface area contributed by atoms with Gasteiger partial charge in [0.15, 0.2) is 6.61 Å². The van der Waals surface area contributed by atoms with Crippen molar-refractivity contribution < 1.29 is 46.7 Å². The number of benzene rings is 4. The third kappa shape index (κ3) is 8.38. The van der Waals surface area contributed by atoms with Crippen molar-refractivity contribution >= 4 is 52.0 Å². The number of piperidine rings is 2. The quantitative estimate of drug-likeness (QED) is 0.137. The highest BCUT2D eigenvalue weighted by Gasteiger charge is 2.46. The Morgan fingerprint density at radius 2 is 1.59 bits per heavy atom. The van der Waals surface area contributed by atoms with Gasteiger partial charge < -0.3 is 20.3 Å². The summed E-state index contributed by atoms with van der Waals surface area (Å²) in [4.78, 5) is 84.4. The van der Waals surface area contributed by atoms with Gasteiger partial charge in [0.25, 0.3) is 23.6 Å². The molecule has 3 N–H and O–H groups in total. The molecule has 4 heterocycles. The number of carbonyl (C=O) groups is 6. The van der Waals surface area contributed by atoms with Gasteiger partial charge in [-0.1, -0.05) is 48.5 Å². The number of hydrogen-bond donors (Lipinski definition) is 3. The van der Waals surface area contributed by atoms with Gasteiger partial charge in [0.05, 0.1) is 28.4 Å². The van der Waals surface area contributed by atoms with Crippen LogP contribution in [0, 0.1) is 0 Å². The number of halogens is 3. The molecular formula is C45H39F3N6O7. The first-order chi connectivity index (χ1) is 29.2. The van der Waals surface area contributed by atoms with Crippen LogP contribution in [0.5, 0.6) is 5.75 Å². The van der Waals surface area contributed by atoms with Crippen molar-refractivity contribution in [2.24, 2.45) is 0 Å². The number of carbonyl (C=O) groups excluding carboxylic acids is 6. The van der Waals surface area contributed by atoms with E-state index in [2.05, 4.69) is 16.0 Å². The molecule has 0 bridgehead atoms. The molecule has 13 nitrogen and oxygen atoms in total. The summed E-state index contributed by atoms with van der Waals surface area (Å²) in [6, 6.07) is 24.1. The molecule has 2 unspecified atom stereocenters. The van der Waals surface area contributed by atoms with Gasteiger partial charge in [-0.2, -0.15) is 13.2 Å². The van der Waals surface area contributed by atoms with Gasteiger partial charge in [-0.05, 0) is 96.6 Å². The molecule has 8 rings (SSSR count). The smallest absolute Gasteiger partial charge is 0.416 e. The highest BCUT2D eigenvalue weighted by Crippen LogP contribution is 2.35. The summed E-state index contributed by atoms with van der Waals surface area (Å²) in [5, 5.41) is 10.2. The number of rotatable bonds is 10. The van der Waals surface area contributed by atoms with E-state index >= 15 is 0 Å². The fourth-order valence-electron chi connectivity index (χ4n) is 7.96. The maximum atomic E-state index is 13.4. The zero-order chi connectivity index (χ0) is 43.0. The minimum atomic E-state index is -4.43. The van der Waals surface area contributed by atoms with E-state index in [0.717, 1.165) is 33.4 Å². The Bertz CT molecular complexity index is 2590. The van der Waals surface area contributed by atoms with E-state index in [-0.39, 0.29) is 54.2 Å². The van der Waals surface area contributed by atoms with Crippen molar-refractivity contribution in [2.75, 3.05) is 25.0 Å². The Balaban J connectivity index is 0.835. The summed E-state index contributed by atoms with van der Waals surface area (Å²) < 4.78 is 45.1. The van der Waals surface area contributed by atoms with Gasteiger partial charge >= 0.3 is 6.18 Å². The van der Waals surface area contributed by atoms with Gasteiger partial charge in [-0.15, -0.1) is 0 Å². The molecule has 61 heavy (non-hydrogen) atoms. The Morgan fingerprint density at radius 3 is 2.33 bits per heavy atom. The Labute approximate surface area is 347 Å². The normalized spacial score (nSPS) is 17.5. The first-order valence-corrected chi connectivity index (χ1v) is 19.7. The van der Waals surface area contributed by atoms with Crippen molar-refractivity contribution in [3.63, 3.8) is 0 Å². The fraction of sp³-hybridized carbons (Fsp3) is 0.267. The Hall–Kier alpha value is -7.10. The lowest BCUT2D eigenvalue weighted by molar-refractivity contribution is -0.138. The van der Waals surface area contributed by atoms with E-state index < -0.39 is 47.5 Å². The van der Waals surface area contributed by atoms with Crippen LogP contribution in [0.4, 0.5) is 19.0 Å². The molecule has 312 valence electrons. The molecule has 5 aromatic rings. The topological polar surface area (TPSA) is 167 Å². The van der Waals surface area contributed by atoms with Crippen LogP contribution < -0.4 is 20.7 Å². The fourth-order valence-corrected chi connectivity index (χ4v) is 7.96. The van der Waals surface area contributed by atoms with Gasteiger partial charge in [0, 0.05) is 31.1 Å². The number of nitrogens with zero attached hydrogens (tertiary/aromatic N) is 3. The molecule has 0 spiro atoms. The van der Waals surface area contributed by atoms with Gasteiger partial charge in [0.1, 0.15) is 17.6 Å². The maximum absolute atomic E-state index is 13.4. The number of alkyl halides is 3. The van der Waals surface area contributed by atoms with E-state index in [9.17, 15) is 41.9 Å². The van der Waals surface area contributed by atoms with Crippen LogP contribution in [-0.4, -0.2) is 82.0 Å². The number of nitrogens with one attached hydrogen (secondary N) is 3. The molecule has 4 aromatic carbocycles. The van der Waals surface area contributed by atoms with E-state index in [1.165, 1.54) is 30.3 Å². The molecule has 1 aromatic heterocycles. The number of aromatic nitrogens is 1. The van der Waals surface area contributed by atoms with E-state index in [1.807, 2.05) is 37.3 Å². The molecule has 2 saturated heterocycles. The second-order valence-electron chi connectivity index (χ2n) is 15.2. The van der Waals surface area contributed by atoms with Crippen LogP contribution in [0.3, 0.4) is 0 Å². The molecule has 0 saturated carbocycles. The Morgan fingerprint density at radius 1 is 0.869 bits per heavy atom. The van der Waals surface area contributed by atoms with E-state index in [1.54, 1.807) is 29.2 Å². The average Bonchev–Trinajstić information content (AvgIpc) is 3.51. The first kappa shape index (κ1) is 40.7. The summed E-state index contributed by atoms with van der Waals surface area (Å²) in [6.45, 7) is 2.31. The van der Waals surface area contributed by atoms with Gasteiger partial charge in [0.2, 0.25) is 11.8 Å². The lowest BCUT2D eigenvalue weighted by Crippen LogP contribution is -2.54. The summed E-state index contributed by atoms with van der Waals surface area (Å²) in [6.07, 6.45) is -3.19. The zero-order valence-electron chi connectivity index (χ0n) is 32.8.